The summed E-state index contributed by atoms with van der Waals surface area (Å²) < 4.78 is 7.68. The van der Waals surface area contributed by atoms with Crippen molar-refractivity contribution >= 4 is 40.7 Å². The van der Waals surface area contributed by atoms with Crippen LogP contribution in [0.25, 0.3) is 0 Å². The maximum Gasteiger partial charge on any atom is 0.191 e. The quantitative estimate of drug-likeness (QED) is 0.371. The first kappa shape index (κ1) is 19.7. The van der Waals surface area contributed by atoms with E-state index in [4.69, 9.17) is 27.9 Å². The number of carbonyl (C=O) groups excluding carboxylic acids is 1. The fourth-order valence-electron chi connectivity index (χ4n) is 2.38. The maximum atomic E-state index is 12.3. The molecule has 0 unspecified atom stereocenters. The maximum absolute atomic E-state index is 12.3. The predicted molar refractivity (Wildman–Crippen MR) is 108 cm³/mol. The summed E-state index contributed by atoms with van der Waals surface area (Å²) in [6.07, 6.45) is 0. The highest BCUT2D eigenvalue weighted by Gasteiger charge is 2.14. The monoisotopic (exact) mass is 421 g/mol. The fourth-order valence-corrected chi connectivity index (χ4v) is 3.55. The Bertz CT molecular complexity index is 912. The molecular weight excluding hydrogens is 405 g/mol. The molecule has 0 aliphatic carbocycles. The normalized spacial score (nSPS) is 10.8. The Labute approximate surface area is 171 Å². The van der Waals surface area contributed by atoms with E-state index >= 15 is 0 Å². The summed E-state index contributed by atoms with van der Waals surface area (Å²) in [5.74, 6) is 1.70. The Morgan fingerprint density at radius 2 is 1.67 bits per heavy atom. The van der Waals surface area contributed by atoms with Crippen molar-refractivity contribution < 1.29 is 9.53 Å². The lowest BCUT2D eigenvalue weighted by Crippen LogP contribution is -2.08. The van der Waals surface area contributed by atoms with Crippen LogP contribution in [0.3, 0.4) is 0 Å². The molecule has 0 atom stereocenters. The second-order valence-corrected chi connectivity index (χ2v) is 7.42. The van der Waals surface area contributed by atoms with Gasteiger partial charge in [-0.2, -0.15) is 0 Å². The number of benzene rings is 2. The first-order chi connectivity index (χ1) is 13.1. The van der Waals surface area contributed by atoms with Gasteiger partial charge >= 0.3 is 0 Å². The first-order valence-electron chi connectivity index (χ1n) is 8.29. The number of thioether (sulfide) groups is 1. The van der Waals surface area contributed by atoms with Crippen molar-refractivity contribution in [1.29, 1.82) is 0 Å². The van der Waals surface area contributed by atoms with Gasteiger partial charge in [0.15, 0.2) is 16.8 Å². The molecular formula is C19H17Cl2N3O2S. The van der Waals surface area contributed by atoms with Crippen molar-refractivity contribution in [1.82, 2.24) is 14.8 Å². The number of ketones is 1. The molecule has 1 aromatic heterocycles. The van der Waals surface area contributed by atoms with Gasteiger partial charge in [0.2, 0.25) is 0 Å². The zero-order chi connectivity index (χ0) is 19.2. The molecule has 0 spiro atoms. The largest absolute Gasteiger partial charge is 0.486 e. The van der Waals surface area contributed by atoms with Crippen LogP contribution in [0.4, 0.5) is 0 Å². The summed E-state index contributed by atoms with van der Waals surface area (Å²) in [7, 11) is 0. The summed E-state index contributed by atoms with van der Waals surface area (Å²) >= 11 is 13.1. The predicted octanol–water partition coefficient (Wildman–Crippen LogP) is 5.16. The van der Waals surface area contributed by atoms with E-state index in [1.54, 1.807) is 48.5 Å². The molecule has 2 aromatic carbocycles. The molecule has 5 nitrogen and oxygen atoms in total. The number of Topliss-reactive ketones (excluding diaryl/α,β-unsaturated/α-hetero) is 1. The number of aromatic nitrogens is 3. The highest BCUT2D eigenvalue weighted by molar-refractivity contribution is 7.99. The number of nitrogens with zero attached hydrogens (tertiary/aromatic N) is 3. The van der Waals surface area contributed by atoms with Gasteiger partial charge in [0, 0.05) is 22.2 Å². The number of carbonyl (C=O) groups is 1. The van der Waals surface area contributed by atoms with Crippen LogP contribution in [-0.2, 0) is 13.2 Å². The van der Waals surface area contributed by atoms with E-state index in [1.807, 2.05) is 11.5 Å². The van der Waals surface area contributed by atoms with Gasteiger partial charge in [-0.15, -0.1) is 10.2 Å². The van der Waals surface area contributed by atoms with E-state index in [2.05, 4.69) is 10.2 Å². The molecule has 0 saturated carbocycles. The highest BCUT2D eigenvalue weighted by atomic mass is 35.5. The Balaban J connectivity index is 1.62. The minimum absolute atomic E-state index is 0.0151. The molecule has 27 heavy (non-hydrogen) atoms. The van der Waals surface area contributed by atoms with E-state index in [9.17, 15) is 4.79 Å². The van der Waals surface area contributed by atoms with E-state index in [0.29, 0.717) is 38.9 Å². The van der Waals surface area contributed by atoms with Crippen molar-refractivity contribution in [3.8, 4) is 5.75 Å². The van der Waals surface area contributed by atoms with Gasteiger partial charge in [0.05, 0.1) is 5.75 Å². The van der Waals surface area contributed by atoms with Crippen LogP contribution in [-0.4, -0.2) is 26.3 Å². The summed E-state index contributed by atoms with van der Waals surface area (Å²) in [5.41, 5.74) is 0.626. The number of hydrogen-bond donors (Lipinski definition) is 0. The average molecular weight is 422 g/mol. The molecule has 0 aliphatic rings. The Hall–Kier alpha value is -2.02. The Morgan fingerprint density at radius 3 is 2.30 bits per heavy atom. The summed E-state index contributed by atoms with van der Waals surface area (Å²) in [6.45, 7) is 2.97. The van der Waals surface area contributed by atoms with Gasteiger partial charge in [-0.25, -0.2) is 0 Å². The summed E-state index contributed by atoms with van der Waals surface area (Å²) in [4.78, 5) is 12.3. The topological polar surface area (TPSA) is 57.0 Å². The lowest BCUT2D eigenvalue weighted by molar-refractivity contribution is 0.102. The fraction of sp³-hybridized carbons (Fsp3) is 0.211. The Kier molecular flexibility index (Phi) is 6.77. The third kappa shape index (κ3) is 5.25. The molecule has 0 amide bonds. The zero-order valence-corrected chi connectivity index (χ0v) is 16.9. The van der Waals surface area contributed by atoms with Crippen molar-refractivity contribution in [2.24, 2.45) is 0 Å². The van der Waals surface area contributed by atoms with Gasteiger partial charge in [-0.3, -0.25) is 4.79 Å². The van der Waals surface area contributed by atoms with E-state index in [0.717, 1.165) is 0 Å². The number of rotatable bonds is 8. The van der Waals surface area contributed by atoms with Crippen LogP contribution in [0.1, 0.15) is 23.1 Å². The molecule has 140 valence electrons. The summed E-state index contributed by atoms with van der Waals surface area (Å²) in [6, 6.07) is 14.0. The minimum atomic E-state index is 0.0151. The van der Waals surface area contributed by atoms with Crippen LogP contribution < -0.4 is 4.74 Å². The van der Waals surface area contributed by atoms with E-state index in [-0.39, 0.29) is 18.1 Å². The molecule has 0 radical (unpaired) electrons. The van der Waals surface area contributed by atoms with E-state index < -0.39 is 0 Å². The number of ether oxygens (including phenoxy) is 1. The molecule has 1 heterocycles. The van der Waals surface area contributed by atoms with Crippen molar-refractivity contribution in [2.75, 3.05) is 5.75 Å². The smallest absolute Gasteiger partial charge is 0.191 e. The van der Waals surface area contributed by atoms with Crippen molar-refractivity contribution in [3.63, 3.8) is 0 Å². The molecule has 0 saturated heterocycles. The van der Waals surface area contributed by atoms with Crippen LogP contribution in [0.5, 0.6) is 5.75 Å². The first-order valence-corrected chi connectivity index (χ1v) is 10.0. The molecule has 3 aromatic rings. The molecule has 8 heteroatoms. The molecule has 0 fully saturated rings. The van der Waals surface area contributed by atoms with Gasteiger partial charge in [0.25, 0.3) is 0 Å². The highest BCUT2D eigenvalue weighted by Crippen LogP contribution is 2.21. The van der Waals surface area contributed by atoms with Gasteiger partial charge in [-0.1, -0.05) is 35.0 Å². The minimum Gasteiger partial charge on any atom is -0.486 e. The zero-order valence-electron chi connectivity index (χ0n) is 14.6. The SMILES string of the molecule is CCn1c(COc2ccc(Cl)cc2)nnc1SCC(=O)c1ccc(Cl)cc1. The lowest BCUT2D eigenvalue weighted by atomic mass is 10.1. The van der Waals surface area contributed by atoms with Crippen LogP contribution in [0.15, 0.2) is 53.7 Å². The average Bonchev–Trinajstić information content (AvgIpc) is 3.08. The number of halogens is 2. The Morgan fingerprint density at radius 1 is 1.04 bits per heavy atom. The van der Waals surface area contributed by atoms with Crippen LogP contribution >= 0.6 is 35.0 Å². The third-order valence-corrected chi connectivity index (χ3v) is 5.26. The van der Waals surface area contributed by atoms with Gasteiger partial charge in [0.1, 0.15) is 12.4 Å². The standard InChI is InChI=1S/C19H17Cl2N3O2S/c1-2-24-18(11-26-16-9-7-15(21)8-10-16)22-23-19(24)27-12-17(25)13-3-5-14(20)6-4-13/h3-10H,2,11-12H2,1H3. The third-order valence-electron chi connectivity index (χ3n) is 3.79. The lowest BCUT2D eigenvalue weighted by Gasteiger charge is -2.09. The second kappa shape index (κ2) is 9.26. The van der Waals surface area contributed by atoms with Gasteiger partial charge < -0.3 is 9.30 Å². The molecule has 3 rings (SSSR count). The summed E-state index contributed by atoms with van der Waals surface area (Å²) in [5, 5.41) is 10.3. The van der Waals surface area contributed by atoms with E-state index in [1.165, 1.54) is 11.8 Å². The second-order valence-electron chi connectivity index (χ2n) is 5.60. The molecule has 0 N–H and O–H groups in total. The van der Waals surface area contributed by atoms with Crippen molar-refractivity contribution in [2.45, 2.75) is 25.2 Å². The van der Waals surface area contributed by atoms with Crippen molar-refractivity contribution in [3.05, 3.63) is 70.0 Å². The number of hydrogen-bond acceptors (Lipinski definition) is 5. The molecule has 0 bridgehead atoms. The van der Waals surface area contributed by atoms with Crippen LogP contribution in [0, 0.1) is 0 Å². The molecule has 0 aliphatic heterocycles. The van der Waals surface area contributed by atoms with Crippen LogP contribution in [0.2, 0.25) is 10.0 Å². The van der Waals surface area contributed by atoms with Gasteiger partial charge in [-0.05, 0) is 55.5 Å².